The lowest BCUT2D eigenvalue weighted by Gasteiger charge is -2.25. The van der Waals surface area contributed by atoms with Crippen molar-refractivity contribution in [2.45, 2.75) is 19.6 Å². The molecule has 0 saturated heterocycles. The highest BCUT2D eigenvalue weighted by Gasteiger charge is 2.35. The van der Waals surface area contributed by atoms with Gasteiger partial charge in [-0.3, -0.25) is 9.36 Å². The molecule has 6 rings (SSSR count). The van der Waals surface area contributed by atoms with Crippen LogP contribution < -0.4 is 24.4 Å². The van der Waals surface area contributed by atoms with E-state index in [-0.39, 0.29) is 17.7 Å². The van der Waals surface area contributed by atoms with E-state index in [1.807, 2.05) is 72.8 Å². The maximum Gasteiger partial charge on any atom is 0.338 e. The number of ether oxygens (including phenoxy) is 3. The van der Waals surface area contributed by atoms with Gasteiger partial charge < -0.3 is 14.2 Å². The van der Waals surface area contributed by atoms with Gasteiger partial charge >= 0.3 is 5.97 Å². The Labute approximate surface area is 282 Å². The van der Waals surface area contributed by atoms with Gasteiger partial charge in [0, 0.05) is 5.56 Å². The lowest BCUT2D eigenvalue weighted by molar-refractivity contribution is -0.138. The van der Waals surface area contributed by atoms with E-state index in [2.05, 4.69) is 22.6 Å². The smallest absolute Gasteiger partial charge is 0.338 e. The Morgan fingerprint density at radius 2 is 1.72 bits per heavy atom. The summed E-state index contributed by atoms with van der Waals surface area (Å²) in [6.45, 7) is 2.23. The average Bonchev–Trinajstić information content (AvgIpc) is 3.38. The van der Waals surface area contributed by atoms with Gasteiger partial charge in [-0.1, -0.05) is 84.1 Å². The summed E-state index contributed by atoms with van der Waals surface area (Å²) in [5.74, 6) is 0.107. The van der Waals surface area contributed by atoms with Gasteiger partial charge in [0.1, 0.15) is 12.4 Å². The Kier molecular flexibility index (Phi) is 9.46. The van der Waals surface area contributed by atoms with Crippen molar-refractivity contribution in [2.75, 3.05) is 13.7 Å². The molecule has 2 heterocycles. The normalized spacial score (nSPS) is 14.4. The van der Waals surface area contributed by atoms with Gasteiger partial charge in [-0.2, -0.15) is 0 Å². The topological polar surface area (TPSA) is 79.1 Å². The molecule has 1 aliphatic heterocycles. The number of nitrogens with zero attached hydrogens (tertiary/aromatic N) is 2. The molecule has 46 heavy (non-hydrogen) atoms. The van der Waals surface area contributed by atoms with Gasteiger partial charge in [0.2, 0.25) is 0 Å². The summed E-state index contributed by atoms with van der Waals surface area (Å²) in [5, 5.41) is 0. The highest BCUT2D eigenvalue weighted by Crippen LogP contribution is 2.36. The molecule has 0 unspecified atom stereocenters. The number of hydrogen-bond acceptors (Lipinski definition) is 7. The van der Waals surface area contributed by atoms with E-state index in [9.17, 15) is 14.0 Å². The Morgan fingerprint density at radius 1 is 1.02 bits per heavy atom. The van der Waals surface area contributed by atoms with Crippen molar-refractivity contribution in [3.8, 4) is 11.5 Å². The van der Waals surface area contributed by atoms with Crippen molar-refractivity contribution < 1.29 is 23.4 Å². The molecule has 232 valence electrons. The molecule has 0 amide bonds. The van der Waals surface area contributed by atoms with Crippen molar-refractivity contribution in [3.05, 3.63) is 154 Å². The number of methoxy groups -OCH3 is 1. The van der Waals surface area contributed by atoms with E-state index in [4.69, 9.17) is 19.2 Å². The molecular formula is C36H28FIN2O5S. The number of carbonyl (C=O) groups excluding carboxylic acids is 1. The molecule has 0 saturated carbocycles. The van der Waals surface area contributed by atoms with E-state index in [1.165, 1.54) is 28.0 Å². The largest absolute Gasteiger partial charge is 0.493 e. The standard InChI is InChI=1S/C36H28FIN2O5S/c1-3-44-35(42)30-31(24-12-8-5-9-13-24)39-36-40(32(30)25-14-16-26(37)17-15-25)34(41)29(46-36)20-23-18-27(38)33(28(19-23)43-2)45-21-22-10-6-4-7-11-22/h4-20,32H,3,21H2,1-2H3/b29-20-/t32-/m0/s1. The SMILES string of the molecule is CCOC(=O)C1=C(c2ccccc2)N=c2s/c(=C\c3cc(I)c(OCc4ccccc4)c(OC)c3)c(=O)n2[C@H]1c1ccc(F)cc1. The number of halogens is 2. The number of carbonyl (C=O) groups is 1. The van der Waals surface area contributed by atoms with Crippen LogP contribution in [0.15, 0.2) is 112 Å². The fraction of sp³-hybridized carbons (Fsp3) is 0.139. The molecule has 0 fully saturated rings. The molecule has 10 heteroatoms. The van der Waals surface area contributed by atoms with Gasteiger partial charge in [-0.15, -0.1) is 0 Å². The maximum atomic E-state index is 14.2. The molecule has 0 bridgehead atoms. The summed E-state index contributed by atoms with van der Waals surface area (Å²) in [5.41, 5.74) is 3.26. The Bertz CT molecular complexity index is 2110. The molecule has 5 aromatic rings. The van der Waals surface area contributed by atoms with E-state index < -0.39 is 17.8 Å². The minimum atomic E-state index is -0.892. The van der Waals surface area contributed by atoms with Crippen LogP contribution in [0.5, 0.6) is 11.5 Å². The van der Waals surface area contributed by atoms with Crippen LogP contribution in [0.1, 0.15) is 35.2 Å². The Hall–Kier alpha value is -4.55. The van der Waals surface area contributed by atoms with E-state index in [0.717, 1.165) is 14.7 Å². The third kappa shape index (κ3) is 6.40. The summed E-state index contributed by atoms with van der Waals surface area (Å²) < 4.78 is 34.0. The Balaban J connectivity index is 1.50. The van der Waals surface area contributed by atoms with E-state index >= 15 is 0 Å². The number of fused-ring (bicyclic) bond motifs is 1. The molecule has 4 aromatic carbocycles. The lowest BCUT2D eigenvalue weighted by Crippen LogP contribution is -2.40. The van der Waals surface area contributed by atoms with Crippen molar-refractivity contribution in [1.82, 2.24) is 4.57 Å². The fourth-order valence-corrected chi connectivity index (χ4v) is 7.03. The fourth-order valence-electron chi connectivity index (χ4n) is 5.25. The van der Waals surface area contributed by atoms with Crippen molar-refractivity contribution in [3.63, 3.8) is 0 Å². The minimum absolute atomic E-state index is 0.135. The zero-order valence-electron chi connectivity index (χ0n) is 24.9. The van der Waals surface area contributed by atoms with Crippen LogP contribution in [0.2, 0.25) is 0 Å². The summed E-state index contributed by atoms with van der Waals surface area (Å²) in [7, 11) is 1.57. The predicted molar refractivity (Wildman–Crippen MR) is 184 cm³/mol. The van der Waals surface area contributed by atoms with E-state index in [1.54, 1.807) is 32.2 Å². The number of esters is 1. The average molecular weight is 747 g/mol. The summed E-state index contributed by atoms with van der Waals surface area (Å²) >= 11 is 3.40. The quantitative estimate of drug-likeness (QED) is 0.131. The van der Waals surface area contributed by atoms with Crippen molar-refractivity contribution >= 4 is 51.7 Å². The predicted octanol–water partition coefficient (Wildman–Crippen LogP) is 6.27. The summed E-state index contributed by atoms with van der Waals surface area (Å²) in [6.07, 6.45) is 1.77. The molecule has 1 atom stereocenters. The zero-order valence-corrected chi connectivity index (χ0v) is 27.9. The minimum Gasteiger partial charge on any atom is -0.493 e. The first kappa shape index (κ1) is 31.4. The molecule has 0 aliphatic carbocycles. The van der Waals surface area contributed by atoms with Gasteiger partial charge in [0.15, 0.2) is 16.3 Å². The second kappa shape index (κ2) is 13.8. The number of thiazole rings is 1. The molecule has 0 N–H and O–H groups in total. The molecule has 0 radical (unpaired) electrons. The molecular weight excluding hydrogens is 718 g/mol. The second-order valence-corrected chi connectivity index (χ2v) is 12.5. The molecule has 1 aliphatic rings. The summed E-state index contributed by atoms with van der Waals surface area (Å²) in [4.78, 5) is 33.0. The van der Waals surface area contributed by atoms with E-state index in [0.29, 0.717) is 44.3 Å². The first-order valence-electron chi connectivity index (χ1n) is 14.5. The third-order valence-electron chi connectivity index (χ3n) is 7.33. The van der Waals surface area contributed by atoms with Crippen molar-refractivity contribution in [1.29, 1.82) is 0 Å². The second-order valence-electron chi connectivity index (χ2n) is 10.3. The molecule has 7 nitrogen and oxygen atoms in total. The maximum absolute atomic E-state index is 14.2. The van der Waals surface area contributed by atoms with Gasteiger partial charge in [-0.05, 0) is 76.5 Å². The Morgan fingerprint density at radius 3 is 2.39 bits per heavy atom. The van der Waals surface area contributed by atoms with Gasteiger partial charge in [0.05, 0.1) is 39.1 Å². The number of rotatable bonds is 9. The summed E-state index contributed by atoms with van der Waals surface area (Å²) in [6, 6.07) is 27.7. The number of aromatic nitrogens is 1. The van der Waals surface area contributed by atoms with Crippen LogP contribution >= 0.6 is 33.9 Å². The monoisotopic (exact) mass is 746 g/mol. The van der Waals surface area contributed by atoms with Gasteiger partial charge in [0.25, 0.3) is 5.56 Å². The van der Waals surface area contributed by atoms with Crippen LogP contribution in [0.25, 0.3) is 11.8 Å². The van der Waals surface area contributed by atoms with Crippen LogP contribution in [0.3, 0.4) is 0 Å². The van der Waals surface area contributed by atoms with Crippen LogP contribution in [0, 0.1) is 9.39 Å². The third-order valence-corrected chi connectivity index (χ3v) is 9.12. The van der Waals surface area contributed by atoms with Crippen molar-refractivity contribution in [2.24, 2.45) is 4.99 Å². The highest BCUT2D eigenvalue weighted by atomic mass is 127. The lowest BCUT2D eigenvalue weighted by atomic mass is 9.93. The zero-order chi connectivity index (χ0) is 32.2. The van der Waals surface area contributed by atoms with Crippen LogP contribution in [0.4, 0.5) is 4.39 Å². The van der Waals surface area contributed by atoms with Crippen LogP contribution in [-0.2, 0) is 16.1 Å². The molecule has 1 aromatic heterocycles. The van der Waals surface area contributed by atoms with Gasteiger partial charge in [-0.25, -0.2) is 14.2 Å². The molecule has 0 spiro atoms. The van der Waals surface area contributed by atoms with Crippen LogP contribution in [-0.4, -0.2) is 24.3 Å². The number of benzene rings is 4. The number of hydrogen-bond donors (Lipinski definition) is 0. The first-order valence-corrected chi connectivity index (χ1v) is 16.4. The first-order chi connectivity index (χ1) is 22.4. The highest BCUT2D eigenvalue weighted by molar-refractivity contribution is 14.1.